The van der Waals surface area contributed by atoms with Crippen LogP contribution in [0.3, 0.4) is 0 Å². The van der Waals surface area contributed by atoms with E-state index in [2.05, 4.69) is 25.2 Å². The molecule has 1 saturated heterocycles. The number of amides is 2. The molecule has 1 aromatic rings. The molecule has 3 rings (SSSR count). The Morgan fingerprint density at radius 1 is 1.37 bits per heavy atom. The maximum absolute atomic E-state index is 12.9. The van der Waals surface area contributed by atoms with Gasteiger partial charge in [-0.15, -0.1) is 0 Å². The topological polar surface area (TPSA) is 82.4 Å². The minimum atomic E-state index is -0.405. The zero-order valence-electron chi connectivity index (χ0n) is 17.4. The van der Waals surface area contributed by atoms with Crippen molar-refractivity contribution < 1.29 is 14.3 Å². The van der Waals surface area contributed by atoms with Gasteiger partial charge in [-0.05, 0) is 50.8 Å². The molecule has 2 aliphatic heterocycles. The molecule has 160 valence electrons. The summed E-state index contributed by atoms with van der Waals surface area (Å²) in [6.45, 7) is 4.15. The van der Waals surface area contributed by atoms with Gasteiger partial charge >= 0.3 is 0 Å². The third-order valence-corrected chi connectivity index (χ3v) is 7.05. The fraction of sp³-hybridized carbons (Fsp3) is 0.500. The molecule has 1 aromatic carbocycles. The normalized spacial score (nSPS) is 24.3. The highest BCUT2D eigenvalue weighted by molar-refractivity contribution is 8.03. The number of thioether (sulfide) groups is 1. The van der Waals surface area contributed by atoms with Crippen LogP contribution in [0.25, 0.3) is 0 Å². The first-order valence-electron chi connectivity index (χ1n) is 10.1. The van der Waals surface area contributed by atoms with Crippen molar-refractivity contribution >= 4 is 35.2 Å². The van der Waals surface area contributed by atoms with Crippen molar-refractivity contribution in [3.63, 3.8) is 0 Å². The molecule has 0 aliphatic carbocycles. The molecule has 0 aromatic heterocycles. The van der Waals surface area contributed by atoms with E-state index in [1.54, 1.807) is 12.1 Å². The lowest BCUT2D eigenvalue weighted by Gasteiger charge is -2.39. The number of piperidine rings is 1. The number of rotatable bonds is 5. The van der Waals surface area contributed by atoms with E-state index >= 15 is 0 Å². The Hall–Kier alpha value is -2.17. The van der Waals surface area contributed by atoms with Crippen LogP contribution < -0.4 is 10.1 Å². The average molecular weight is 448 g/mol. The maximum Gasteiger partial charge on any atom is 0.233 e. The Labute approximate surface area is 186 Å². The SMILES string of the molecule is COc1ccc([C@H]2CC(=O)NC(SCC(=O)N3[C@H](C)CCC[C@@H]3C)=C2C#N)cc1Cl. The van der Waals surface area contributed by atoms with Crippen LogP contribution in [0, 0.1) is 11.3 Å². The van der Waals surface area contributed by atoms with Crippen molar-refractivity contribution in [2.75, 3.05) is 12.9 Å². The Morgan fingerprint density at radius 3 is 2.67 bits per heavy atom. The lowest BCUT2D eigenvalue weighted by molar-refractivity contribution is -0.134. The summed E-state index contributed by atoms with van der Waals surface area (Å²) in [5, 5.41) is 13.5. The summed E-state index contributed by atoms with van der Waals surface area (Å²) in [7, 11) is 1.53. The number of carbonyl (C=O) groups excluding carboxylic acids is 2. The number of nitrogens with zero attached hydrogens (tertiary/aromatic N) is 2. The van der Waals surface area contributed by atoms with Crippen LogP contribution in [0.15, 0.2) is 28.8 Å². The molecular formula is C22H26ClN3O3S. The molecule has 0 radical (unpaired) electrons. The van der Waals surface area contributed by atoms with Gasteiger partial charge in [-0.3, -0.25) is 9.59 Å². The molecule has 2 heterocycles. The Morgan fingerprint density at radius 2 is 2.07 bits per heavy atom. The van der Waals surface area contributed by atoms with Crippen LogP contribution in [0.5, 0.6) is 5.75 Å². The number of carbonyl (C=O) groups is 2. The minimum Gasteiger partial charge on any atom is -0.495 e. The van der Waals surface area contributed by atoms with E-state index < -0.39 is 5.92 Å². The first-order chi connectivity index (χ1) is 14.3. The van der Waals surface area contributed by atoms with Crippen molar-refractivity contribution in [1.29, 1.82) is 5.26 Å². The molecule has 0 bridgehead atoms. The summed E-state index contributed by atoms with van der Waals surface area (Å²) in [6, 6.07) is 7.93. The van der Waals surface area contributed by atoms with E-state index in [1.807, 2.05) is 11.0 Å². The highest BCUT2D eigenvalue weighted by Crippen LogP contribution is 2.38. The third-order valence-electron chi connectivity index (χ3n) is 5.76. The molecule has 6 nitrogen and oxygen atoms in total. The highest BCUT2D eigenvalue weighted by atomic mass is 35.5. The summed E-state index contributed by atoms with van der Waals surface area (Å²) >= 11 is 7.47. The number of allylic oxidation sites excluding steroid dienone is 1. The number of benzene rings is 1. The number of hydrogen-bond donors (Lipinski definition) is 1. The van der Waals surface area contributed by atoms with Gasteiger partial charge < -0.3 is 15.0 Å². The van der Waals surface area contributed by atoms with E-state index in [4.69, 9.17) is 16.3 Å². The molecule has 0 saturated carbocycles. The van der Waals surface area contributed by atoms with Gasteiger partial charge in [0.05, 0.1) is 34.6 Å². The average Bonchev–Trinajstić information content (AvgIpc) is 2.71. The van der Waals surface area contributed by atoms with Gasteiger partial charge in [-0.25, -0.2) is 0 Å². The molecule has 0 unspecified atom stereocenters. The summed E-state index contributed by atoms with van der Waals surface area (Å²) in [5.41, 5.74) is 1.23. The van der Waals surface area contributed by atoms with Crippen LogP contribution in [-0.2, 0) is 9.59 Å². The molecule has 30 heavy (non-hydrogen) atoms. The third kappa shape index (κ3) is 4.76. The maximum atomic E-state index is 12.9. The molecule has 2 aliphatic rings. The summed E-state index contributed by atoms with van der Waals surface area (Å²) in [4.78, 5) is 27.2. The van der Waals surface area contributed by atoms with Crippen LogP contribution in [-0.4, -0.2) is 41.7 Å². The van der Waals surface area contributed by atoms with Crippen molar-refractivity contribution in [2.24, 2.45) is 0 Å². The van der Waals surface area contributed by atoms with Gasteiger partial charge in [0.15, 0.2) is 0 Å². The molecule has 3 atom stereocenters. The second-order valence-electron chi connectivity index (χ2n) is 7.77. The van der Waals surface area contributed by atoms with Gasteiger partial charge in [0, 0.05) is 24.4 Å². The van der Waals surface area contributed by atoms with Crippen LogP contribution in [0.2, 0.25) is 5.02 Å². The van der Waals surface area contributed by atoms with Gasteiger partial charge in [0.25, 0.3) is 0 Å². The van der Waals surface area contributed by atoms with Crippen LogP contribution >= 0.6 is 23.4 Å². The lowest BCUT2D eigenvalue weighted by Crippen LogP contribution is -2.48. The number of halogens is 1. The number of nitrogens with one attached hydrogen (secondary N) is 1. The van der Waals surface area contributed by atoms with Crippen molar-refractivity contribution in [1.82, 2.24) is 10.2 Å². The quantitative estimate of drug-likeness (QED) is 0.731. The second-order valence-corrected chi connectivity index (χ2v) is 9.16. The number of methoxy groups -OCH3 is 1. The zero-order valence-corrected chi connectivity index (χ0v) is 19.0. The van der Waals surface area contributed by atoms with E-state index in [-0.39, 0.29) is 36.1 Å². The predicted octanol–water partition coefficient (Wildman–Crippen LogP) is 4.21. The van der Waals surface area contributed by atoms with Crippen molar-refractivity contribution in [3.05, 3.63) is 39.4 Å². The Kier molecular flexibility index (Phi) is 7.32. The smallest absolute Gasteiger partial charge is 0.233 e. The molecule has 0 spiro atoms. The van der Waals surface area contributed by atoms with Crippen LogP contribution in [0.4, 0.5) is 0 Å². The summed E-state index contributed by atoms with van der Waals surface area (Å²) < 4.78 is 5.19. The van der Waals surface area contributed by atoms with E-state index in [0.29, 0.717) is 21.4 Å². The number of likely N-dealkylation sites (tertiary alicyclic amines) is 1. The van der Waals surface area contributed by atoms with Gasteiger partial charge in [0.1, 0.15) is 5.75 Å². The standard InChI is InChI=1S/C22H26ClN3O3S/c1-13-5-4-6-14(2)26(13)21(28)12-30-22-17(11-24)16(10-20(27)25-22)15-7-8-19(29-3)18(23)9-15/h7-9,13-14,16H,4-6,10,12H2,1-3H3,(H,25,27)/t13-,14+,16-/m1/s1. The fourth-order valence-electron chi connectivity index (χ4n) is 4.24. The van der Waals surface area contributed by atoms with Gasteiger partial charge in [-0.1, -0.05) is 29.4 Å². The number of nitriles is 1. The van der Waals surface area contributed by atoms with E-state index in [0.717, 1.165) is 24.8 Å². The summed E-state index contributed by atoms with van der Waals surface area (Å²) in [6.07, 6.45) is 3.29. The number of ether oxygens (including phenoxy) is 1. The van der Waals surface area contributed by atoms with Gasteiger partial charge in [0.2, 0.25) is 11.8 Å². The van der Waals surface area contributed by atoms with Gasteiger partial charge in [-0.2, -0.15) is 5.26 Å². The van der Waals surface area contributed by atoms with E-state index in [9.17, 15) is 14.9 Å². The first-order valence-corrected chi connectivity index (χ1v) is 11.4. The summed E-state index contributed by atoms with van der Waals surface area (Å²) in [5.74, 6) is 0.172. The fourth-order valence-corrected chi connectivity index (χ4v) is 5.45. The number of hydrogen-bond acceptors (Lipinski definition) is 5. The predicted molar refractivity (Wildman–Crippen MR) is 118 cm³/mol. The zero-order chi connectivity index (χ0) is 21.8. The second kappa shape index (κ2) is 9.76. The largest absolute Gasteiger partial charge is 0.495 e. The molecular weight excluding hydrogens is 422 g/mol. The van der Waals surface area contributed by atoms with E-state index in [1.165, 1.54) is 18.9 Å². The molecule has 1 fully saturated rings. The van der Waals surface area contributed by atoms with Crippen molar-refractivity contribution in [3.8, 4) is 11.8 Å². The molecule has 8 heteroatoms. The van der Waals surface area contributed by atoms with Crippen molar-refractivity contribution in [2.45, 2.75) is 57.5 Å². The Balaban J connectivity index is 1.81. The Bertz CT molecular complexity index is 901. The first kappa shape index (κ1) is 22.5. The molecule has 1 N–H and O–H groups in total. The lowest BCUT2D eigenvalue weighted by atomic mass is 9.87. The minimum absolute atomic E-state index is 0.0355. The van der Waals surface area contributed by atoms with Crippen LogP contribution in [0.1, 0.15) is 51.0 Å². The highest BCUT2D eigenvalue weighted by Gasteiger charge is 2.32. The monoisotopic (exact) mass is 447 g/mol. The molecule has 2 amide bonds.